The first-order valence-corrected chi connectivity index (χ1v) is 11.6. The highest BCUT2D eigenvalue weighted by Gasteiger charge is 2.26. The molecule has 156 valence electrons. The summed E-state index contributed by atoms with van der Waals surface area (Å²) >= 11 is 0. The second kappa shape index (κ2) is 11.6. The van der Waals surface area contributed by atoms with Crippen LogP contribution in [0.25, 0.3) is 0 Å². The van der Waals surface area contributed by atoms with Crippen LogP contribution in [0.3, 0.4) is 0 Å². The molecule has 0 aromatic heterocycles. The molecule has 1 heterocycles. The van der Waals surface area contributed by atoms with Crippen LogP contribution in [0, 0.1) is 0 Å². The Morgan fingerprint density at radius 3 is 2.70 bits per heavy atom. The third-order valence-corrected chi connectivity index (χ3v) is 7.01. The molecule has 1 saturated carbocycles. The molecule has 4 atom stereocenters. The topological polar surface area (TPSA) is 83.0 Å². The number of nitrogens with zero attached hydrogens (tertiary/aromatic N) is 2. The van der Waals surface area contributed by atoms with E-state index < -0.39 is 10.8 Å². The Bertz CT molecular complexity index is 521. The lowest BCUT2D eigenvalue weighted by molar-refractivity contribution is -0.127. The van der Waals surface area contributed by atoms with Crippen molar-refractivity contribution in [2.24, 2.45) is 4.99 Å². The molecule has 1 saturated heterocycles. The van der Waals surface area contributed by atoms with Gasteiger partial charge in [0, 0.05) is 55.1 Å². The van der Waals surface area contributed by atoms with Crippen molar-refractivity contribution in [1.82, 2.24) is 15.5 Å². The van der Waals surface area contributed by atoms with Crippen LogP contribution in [0.4, 0.5) is 0 Å². The Kier molecular flexibility index (Phi) is 9.54. The van der Waals surface area contributed by atoms with Gasteiger partial charge in [0.2, 0.25) is 5.91 Å². The third kappa shape index (κ3) is 7.78. The van der Waals surface area contributed by atoms with Gasteiger partial charge in [-0.15, -0.1) is 0 Å². The van der Waals surface area contributed by atoms with E-state index in [0.717, 1.165) is 45.1 Å². The van der Waals surface area contributed by atoms with E-state index in [1.807, 2.05) is 6.92 Å². The number of carbonyl (C=O) groups excluding carboxylic acids is 1. The van der Waals surface area contributed by atoms with Crippen molar-refractivity contribution in [3.05, 3.63) is 0 Å². The summed E-state index contributed by atoms with van der Waals surface area (Å²) in [7, 11) is 2.72. The summed E-state index contributed by atoms with van der Waals surface area (Å²) < 4.78 is 18.0. The van der Waals surface area contributed by atoms with Gasteiger partial charge in [0.25, 0.3) is 0 Å². The van der Waals surface area contributed by atoms with E-state index in [0.29, 0.717) is 18.3 Å². The minimum Gasteiger partial charge on any atom is -0.376 e. The summed E-state index contributed by atoms with van der Waals surface area (Å²) in [5.74, 6) is 1.35. The normalized spacial score (nSPS) is 27.7. The van der Waals surface area contributed by atoms with Crippen LogP contribution in [0.15, 0.2) is 4.99 Å². The zero-order valence-electron chi connectivity index (χ0n) is 17.0. The van der Waals surface area contributed by atoms with Crippen LogP contribution >= 0.6 is 0 Å². The van der Waals surface area contributed by atoms with Crippen LogP contribution in [-0.4, -0.2) is 77.9 Å². The highest BCUT2D eigenvalue weighted by atomic mass is 32.2. The second-order valence-electron chi connectivity index (χ2n) is 7.62. The van der Waals surface area contributed by atoms with E-state index in [2.05, 4.69) is 15.6 Å². The molecule has 0 bridgehead atoms. The minimum atomic E-state index is -0.755. The van der Waals surface area contributed by atoms with Gasteiger partial charge in [0.1, 0.15) is 6.54 Å². The number of carbonyl (C=O) groups is 1. The van der Waals surface area contributed by atoms with E-state index in [1.54, 1.807) is 19.0 Å². The standard InChI is InChI=1S/C19H36N4O3S/c1-4-27(25)17-10-7-8-15(12-17)22-19(21-14-18(24)23(2)3)20-13-16-9-5-6-11-26-16/h15-17H,4-14H2,1-3H3,(H2,20,21,22). The third-order valence-electron chi connectivity index (χ3n) is 5.27. The zero-order chi connectivity index (χ0) is 19.6. The number of hydrogen-bond acceptors (Lipinski definition) is 4. The van der Waals surface area contributed by atoms with Crippen molar-refractivity contribution in [2.75, 3.05) is 39.5 Å². The van der Waals surface area contributed by atoms with Gasteiger partial charge < -0.3 is 20.3 Å². The highest BCUT2D eigenvalue weighted by Crippen LogP contribution is 2.23. The number of guanidine groups is 1. The second-order valence-corrected chi connectivity index (χ2v) is 9.63. The molecule has 8 heteroatoms. The first kappa shape index (κ1) is 22.1. The molecule has 1 aliphatic heterocycles. The molecule has 1 aliphatic carbocycles. The fourth-order valence-electron chi connectivity index (χ4n) is 3.56. The molecule has 2 N–H and O–H groups in total. The first-order valence-electron chi connectivity index (χ1n) is 10.2. The fourth-order valence-corrected chi connectivity index (χ4v) is 4.91. The molecule has 2 aliphatic rings. The van der Waals surface area contributed by atoms with Crippen LogP contribution in [-0.2, 0) is 20.3 Å². The summed E-state index contributed by atoms with van der Waals surface area (Å²) in [5, 5.41) is 7.09. The number of ether oxygens (including phenoxy) is 1. The number of amides is 1. The van der Waals surface area contributed by atoms with Gasteiger partial charge >= 0.3 is 0 Å². The fraction of sp³-hybridized carbons (Fsp3) is 0.895. The highest BCUT2D eigenvalue weighted by molar-refractivity contribution is 7.85. The van der Waals surface area contributed by atoms with Gasteiger partial charge in [-0.05, 0) is 38.5 Å². The van der Waals surface area contributed by atoms with Gasteiger partial charge in [-0.2, -0.15) is 0 Å². The Balaban J connectivity index is 1.94. The van der Waals surface area contributed by atoms with Gasteiger partial charge in [-0.1, -0.05) is 13.3 Å². The Morgan fingerprint density at radius 1 is 1.22 bits per heavy atom. The molecular formula is C19H36N4O3S. The molecule has 2 rings (SSSR count). The van der Waals surface area contributed by atoms with Crippen LogP contribution in [0.1, 0.15) is 51.9 Å². The van der Waals surface area contributed by atoms with E-state index in [-0.39, 0.29) is 29.8 Å². The van der Waals surface area contributed by atoms with Crippen molar-refractivity contribution in [1.29, 1.82) is 0 Å². The molecular weight excluding hydrogens is 364 g/mol. The zero-order valence-corrected chi connectivity index (χ0v) is 17.9. The summed E-state index contributed by atoms with van der Waals surface area (Å²) in [6.45, 7) is 3.61. The molecule has 1 amide bonds. The van der Waals surface area contributed by atoms with E-state index in [9.17, 15) is 9.00 Å². The Labute approximate surface area is 166 Å². The van der Waals surface area contributed by atoms with Gasteiger partial charge in [0.05, 0.1) is 6.10 Å². The average Bonchev–Trinajstić information content (AvgIpc) is 2.70. The van der Waals surface area contributed by atoms with Crippen molar-refractivity contribution in [3.8, 4) is 0 Å². The van der Waals surface area contributed by atoms with E-state index >= 15 is 0 Å². The predicted octanol–water partition coefficient (Wildman–Crippen LogP) is 1.26. The monoisotopic (exact) mass is 400 g/mol. The molecule has 27 heavy (non-hydrogen) atoms. The molecule has 0 aromatic carbocycles. The summed E-state index contributed by atoms with van der Waals surface area (Å²) in [6, 6.07) is 0.243. The van der Waals surface area contributed by atoms with Crippen LogP contribution in [0.5, 0.6) is 0 Å². The number of aliphatic imine (C=N–C) groups is 1. The SMILES string of the molecule is CCS(=O)C1CCCC(NC(=NCC(=O)N(C)C)NCC2CCCCO2)C1. The average molecular weight is 401 g/mol. The maximum absolute atomic E-state index is 12.2. The summed E-state index contributed by atoms with van der Waals surface area (Å²) in [6.07, 6.45) is 7.61. The number of nitrogens with one attached hydrogen (secondary N) is 2. The van der Waals surface area contributed by atoms with Gasteiger partial charge in [0.15, 0.2) is 5.96 Å². The molecule has 7 nitrogen and oxygen atoms in total. The Hall–Kier alpha value is -1.15. The van der Waals surface area contributed by atoms with E-state index in [4.69, 9.17) is 4.74 Å². The maximum atomic E-state index is 12.2. The lowest BCUT2D eigenvalue weighted by Crippen LogP contribution is -2.49. The molecule has 2 fully saturated rings. The van der Waals surface area contributed by atoms with Gasteiger partial charge in [-0.25, -0.2) is 4.99 Å². The minimum absolute atomic E-state index is 0.0291. The molecule has 0 radical (unpaired) electrons. The van der Waals surface area contributed by atoms with Crippen molar-refractivity contribution in [2.45, 2.75) is 69.3 Å². The lowest BCUT2D eigenvalue weighted by atomic mass is 9.95. The van der Waals surface area contributed by atoms with Crippen molar-refractivity contribution < 1.29 is 13.7 Å². The maximum Gasteiger partial charge on any atom is 0.243 e. The largest absolute Gasteiger partial charge is 0.376 e. The first-order chi connectivity index (χ1) is 13.0. The van der Waals surface area contributed by atoms with E-state index in [1.165, 1.54) is 6.42 Å². The molecule has 0 spiro atoms. The molecule has 0 aromatic rings. The van der Waals surface area contributed by atoms with Crippen molar-refractivity contribution >= 4 is 22.7 Å². The Morgan fingerprint density at radius 2 is 2.04 bits per heavy atom. The van der Waals surface area contributed by atoms with Crippen molar-refractivity contribution in [3.63, 3.8) is 0 Å². The number of hydrogen-bond donors (Lipinski definition) is 2. The quantitative estimate of drug-likeness (QED) is 0.497. The molecule has 4 unspecified atom stereocenters. The van der Waals surface area contributed by atoms with Crippen LogP contribution in [0.2, 0.25) is 0 Å². The summed E-state index contributed by atoms with van der Waals surface area (Å²) in [4.78, 5) is 18.0. The lowest BCUT2D eigenvalue weighted by Gasteiger charge is -2.31. The number of likely N-dealkylation sites (N-methyl/N-ethyl adjacent to an activating group) is 1. The van der Waals surface area contributed by atoms with Crippen LogP contribution < -0.4 is 10.6 Å². The summed E-state index contributed by atoms with van der Waals surface area (Å²) in [5.41, 5.74) is 0. The smallest absolute Gasteiger partial charge is 0.243 e. The predicted molar refractivity (Wildman–Crippen MR) is 110 cm³/mol. The van der Waals surface area contributed by atoms with Gasteiger partial charge in [-0.3, -0.25) is 9.00 Å². The number of rotatable bonds is 7.